The lowest BCUT2D eigenvalue weighted by molar-refractivity contribution is -0.121. The Kier molecular flexibility index (Phi) is 4.43. The second-order valence-electron chi connectivity index (χ2n) is 6.03. The highest BCUT2D eigenvalue weighted by molar-refractivity contribution is 5.76. The third-order valence-electron chi connectivity index (χ3n) is 4.21. The summed E-state index contributed by atoms with van der Waals surface area (Å²) in [4.78, 5) is 15.9. The highest BCUT2D eigenvalue weighted by Crippen LogP contribution is 2.44. The number of carbonyl (C=O) groups is 1. The average molecular weight is 318 g/mol. The zero-order valence-corrected chi connectivity index (χ0v) is 12.7. The highest BCUT2D eigenvalue weighted by Gasteiger charge is 2.41. The summed E-state index contributed by atoms with van der Waals surface area (Å²) in [7, 11) is 0. The Morgan fingerprint density at radius 1 is 1.39 bits per heavy atom. The highest BCUT2D eigenvalue weighted by atomic mass is 19.1. The number of halogens is 1. The van der Waals surface area contributed by atoms with Gasteiger partial charge in [-0.15, -0.1) is 0 Å². The Morgan fingerprint density at radius 2 is 2.17 bits per heavy atom. The number of nitrogens with zero attached hydrogens (tertiary/aromatic N) is 1. The third-order valence-corrected chi connectivity index (χ3v) is 4.21. The smallest absolute Gasteiger partial charge is 0.220 e. The van der Waals surface area contributed by atoms with Crippen LogP contribution in [-0.4, -0.2) is 29.1 Å². The predicted octanol–water partition coefficient (Wildman–Crippen LogP) is 2.30. The lowest BCUT2D eigenvalue weighted by Gasteiger charge is -2.12. The topological polar surface area (TPSA) is 75.4 Å². The molecule has 1 fully saturated rings. The van der Waals surface area contributed by atoms with Gasteiger partial charge in [0.05, 0.1) is 18.4 Å². The number of benzene rings is 1. The molecule has 0 bridgehead atoms. The second-order valence-corrected chi connectivity index (χ2v) is 6.03. The van der Waals surface area contributed by atoms with E-state index in [0.717, 1.165) is 12.8 Å². The summed E-state index contributed by atoms with van der Waals surface area (Å²) < 4.78 is 19.2. The first kappa shape index (κ1) is 15.7. The van der Waals surface area contributed by atoms with Crippen LogP contribution in [0.3, 0.4) is 0 Å². The van der Waals surface area contributed by atoms with Gasteiger partial charge in [0.15, 0.2) is 11.7 Å². The molecule has 122 valence electrons. The summed E-state index contributed by atoms with van der Waals surface area (Å²) in [5, 5.41) is 12.0. The van der Waals surface area contributed by atoms with Crippen molar-refractivity contribution < 1.29 is 18.7 Å². The molecule has 1 aromatic carbocycles. The first-order valence-corrected chi connectivity index (χ1v) is 7.69. The van der Waals surface area contributed by atoms with Crippen molar-refractivity contribution in [2.45, 2.75) is 25.7 Å². The molecule has 0 atom stereocenters. The molecule has 1 aliphatic carbocycles. The Balaban J connectivity index is 1.51. The number of aromatic nitrogens is 1. The number of aliphatic hydroxyl groups excluding tert-OH is 1. The number of rotatable bonds is 7. The number of aliphatic hydroxyl groups is 1. The van der Waals surface area contributed by atoms with Gasteiger partial charge in [-0.2, -0.15) is 0 Å². The number of hydrogen-bond acceptors (Lipinski definition) is 4. The van der Waals surface area contributed by atoms with E-state index in [-0.39, 0.29) is 30.2 Å². The maximum absolute atomic E-state index is 13.7. The summed E-state index contributed by atoms with van der Waals surface area (Å²) in [6.07, 6.45) is 3.98. The van der Waals surface area contributed by atoms with Gasteiger partial charge < -0.3 is 14.8 Å². The molecular weight excluding hydrogens is 299 g/mol. The number of carbonyl (C=O) groups excluding carboxylic acids is 1. The van der Waals surface area contributed by atoms with Crippen molar-refractivity contribution in [1.29, 1.82) is 0 Å². The van der Waals surface area contributed by atoms with E-state index in [1.165, 1.54) is 12.3 Å². The summed E-state index contributed by atoms with van der Waals surface area (Å²) in [5.41, 5.74) is 0.255. The molecule has 3 rings (SSSR count). The van der Waals surface area contributed by atoms with Crippen molar-refractivity contribution in [3.8, 4) is 11.3 Å². The van der Waals surface area contributed by atoms with Crippen LogP contribution in [0.2, 0.25) is 0 Å². The fraction of sp³-hybridized carbons (Fsp3) is 0.412. The number of amides is 1. The number of oxazole rings is 1. The molecule has 1 heterocycles. The van der Waals surface area contributed by atoms with E-state index in [1.54, 1.807) is 18.2 Å². The fourth-order valence-electron chi connectivity index (χ4n) is 2.37. The molecule has 1 amide bonds. The van der Waals surface area contributed by atoms with Crippen molar-refractivity contribution in [2.24, 2.45) is 5.41 Å². The lowest BCUT2D eigenvalue weighted by Crippen LogP contribution is -2.31. The normalized spacial score (nSPS) is 15.4. The SMILES string of the molecule is O=C(CCc1ncc(-c2ccccc2F)o1)NCC1(CO)CC1. The van der Waals surface area contributed by atoms with Crippen LogP contribution < -0.4 is 5.32 Å². The molecule has 2 aromatic rings. The summed E-state index contributed by atoms with van der Waals surface area (Å²) in [6.45, 7) is 0.618. The Hall–Kier alpha value is -2.21. The Labute approximate surface area is 133 Å². The van der Waals surface area contributed by atoms with Gasteiger partial charge in [0.1, 0.15) is 5.82 Å². The molecule has 23 heavy (non-hydrogen) atoms. The molecule has 1 aromatic heterocycles. The van der Waals surface area contributed by atoms with Gasteiger partial charge in [0.2, 0.25) is 5.91 Å². The van der Waals surface area contributed by atoms with Crippen molar-refractivity contribution in [3.05, 3.63) is 42.2 Å². The zero-order valence-electron chi connectivity index (χ0n) is 12.7. The standard InChI is InChI=1S/C17H19FN2O3/c18-13-4-2-1-3-12(13)14-9-19-16(23-14)6-5-15(22)20-10-17(11-21)7-8-17/h1-4,9,21H,5-8,10-11H2,(H,20,22). The van der Waals surface area contributed by atoms with E-state index >= 15 is 0 Å². The molecule has 0 unspecified atom stereocenters. The first-order chi connectivity index (χ1) is 11.1. The molecule has 0 spiro atoms. The summed E-state index contributed by atoms with van der Waals surface area (Å²) in [6, 6.07) is 6.32. The van der Waals surface area contributed by atoms with Crippen molar-refractivity contribution in [3.63, 3.8) is 0 Å². The number of nitrogens with one attached hydrogen (secondary N) is 1. The fourth-order valence-corrected chi connectivity index (χ4v) is 2.37. The van der Waals surface area contributed by atoms with Gasteiger partial charge in [-0.3, -0.25) is 4.79 Å². The van der Waals surface area contributed by atoms with Crippen LogP contribution in [0.1, 0.15) is 25.2 Å². The number of hydrogen-bond donors (Lipinski definition) is 2. The van der Waals surface area contributed by atoms with Gasteiger partial charge in [-0.1, -0.05) is 12.1 Å². The number of aryl methyl sites for hydroxylation is 1. The summed E-state index contributed by atoms with van der Waals surface area (Å²) >= 11 is 0. The molecule has 0 saturated heterocycles. The Morgan fingerprint density at radius 3 is 2.87 bits per heavy atom. The third kappa shape index (κ3) is 3.76. The van der Waals surface area contributed by atoms with E-state index in [9.17, 15) is 14.3 Å². The van der Waals surface area contributed by atoms with Gasteiger partial charge in [-0.25, -0.2) is 9.37 Å². The average Bonchev–Trinajstić information content (AvgIpc) is 3.20. The molecular formula is C17H19FN2O3. The maximum Gasteiger partial charge on any atom is 0.220 e. The second kappa shape index (κ2) is 6.50. The molecule has 0 radical (unpaired) electrons. The zero-order chi connectivity index (χ0) is 16.3. The van der Waals surface area contributed by atoms with Crippen LogP contribution in [0.15, 0.2) is 34.9 Å². The molecule has 0 aliphatic heterocycles. The molecule has 2 N–H and O–H groups in total. The Bertz CT molecular complexity index is 695. The molecule has 6 heteroatoms. The van der Waals surface area contributed by atoms with Gasteiger partial charge in [0, 0.05) is 24.8 Å². The minimum atomic E-state index is -0.369. The van der Waals surface area contributed by atoms with Crippen LogP contribution in [0.5, 0.6) is 0 Å². The van der Waals surface area contributed by atoms with Gasteiger partial charge >= 0.3 is 0 Å². The van der Waals surface area contributed by atoms with Crippen molar-refractivity contribution in [2.75, 3.05) is 13.2 Å². The largest absolute Gasteiger partial charge is 0.441 e. The van der Waals surface area contributed by atoms with Crippen LogP contribution in [0, 0.1) is 11.2 Å². The van der Waals surface area contributed by atoms with Gasteiger partial charge in [-0.05, 0) is 25.0 Å². The minimum Gasteiger partial charge on any atom is -0.441 e. The van der Waals surface area contributed by atoms with E-state index in [0.29, 0.717) is 30.2 Å². The van der Waals surface area contributed by atoms with E-state index in [4.69, 9.17) is 4.42 Å². The molecule has 1 aliphatic rings. The molecule has 1 saturated carbocycles. The molecule has 5 nitrogen and oxygen atoms in total. The lowest BCUT2D eigenvalue weighted by atomic mass is 10.1. The predicted molar refractivity (Wildman–Crippen MR) is 82.0 cm³/mol. The van der Waals surface area contributed by atoms with Crippen LogP contribution in [0.25, 0.3) is 11.3 Å². The quantitative estimate of drug-likeness (QED) is 0.821. The van der Waals surface area contributed by atoms with E-state index in [2.05, 4.69) is 10.3 Å². The van der Waals surface area contributed by atoms with Crippen LogP contribution >= 0.6 is 0 Å². The van der Waals surface area contributed by atoms with Crippen molar-refractivity contribution in [1.82, 2.24) is 10.3 Å². The van der Waals surface area contributed by atoms with Crippen molar-refractivity contribution >= 4 is 5.91 Å². The van der Waals surface area contributed by atoms with Crippen LogP contribution in [0.4, 0.5) is 4.39 Å². The van der Waals surface area contributed by atoms with E-state index < -0.39 is 0 Å². The van der Waals surface area contributed by atoms with Crippen LogP contribution in [-0.2, 0) is 11.2 Å². The maximum atomic E-state index is 13.7. The minimum absolute atomic E-state index is 0.101. The monoisotopic (exact) mass is 318 g/mol. The first-order valence-electron chi connectivity index (χ1n) is 7.69. The van der Waals surface area contributed by atoms with E-state index in [1.807, 2.05) is 0 Å². The summed E-state index contributed by atoms with van der Waals surface area (Å²) in [5.74, 6) is 0.291. The van der Waals surface area contributed by atoms with Gasteiger partial charge in [0.25, 0.3) is 0 Å².